The Hall–Kier alpha value is -3.51. The van der Waals surface area contributed by atoms with Crippen LogP contribution in [-0.4, -0.2) is 14.7 Å². The molecule has 1 N–H and O–H groups in total. The smallest absolute Gasteiger partial charge is 0.174 e. The molecular formula is C28H27FN4S. The van der Waals surface area contributed by atoms with Gasteiger partial charge in [0.1, 0.15) is 5.82 Å². The van der Waals surface area contributed by atoms with Crippen molar-refractivity contribution >= 4 is 23.0 Å². The van der Waals surface area contributed by atoms with Crippen molar-refractivity contribution in [1.82, 2.24) is 14.9 Å². The molecule has 1 saturated heterocycles. The normalized spacial score (nSPS) is 17.8. The number of benzene rings is 2. The Balaban J connectivity index is 1.67. The number of hydrogen-bond acceptors (Lipinski definition) is 2. The van der Waals surface area contributed by atoms with E-state index in [2.05, 4.69) is 70.9 Å². The molecule has 1 aliphatic rings. The third-order valence-electron chi connectivity index (χ3n) is 6.58. The molecule has 0 radical (unpaired) electrons. The molecule has 4 aromatic rings. The van der Waals surface area contributed by atoms with Gasteiger partial charge in [-0.15, -0.1) is 0 Å². The Morgan fingerprint density at radius 3 is 2.44 bits per heavy atom. The lowest BCUT2D eigenvalue weighted by molar-refractivity contribution is 0.565. The number of aryl methyl sites for hydroxylation is 2. The van der Waals surface area contributed by atoms with E-state index in [-0.39, 0.29) is 17.9 Å². The molecule has 0 aliphatic carbocycles. The Morgan fingerprint density at radius 1 is 0.971 bits per heavy atom. The van der Waals surface area contributed by atoms with Crippen LogP contribution in [0.1, 0.15) is 47.2 Å². The zero-order valence-corrected chi connectivity index (χ0v) is 20.3. The van der Waals surface area contributed by atoms with Crippen LogP contribution >= 0.6 is 12.2 Å². The van der Waals surface area contributed by atoms with Crippen LogP contribution < -0.4 is 10.2 Å². The van der Waals surface area contributed by atoms with Gasteiger partial charge in [0.05, 0.1) is 17.8 Å². The second-order valence-electron chi connectivity index (χ2n) is 8.66. The highest BCUT2D eigenvalue weighted by molar-refractivity contribution is 7.80. The van der Waals surface area contributed by atoms with Crippen LogP contribution in [0.4, 0.5) is 10.1 Å². The van der Waals surface area contributed by atoms with Gasteiger partial charge in [-0.1, -0.05) is 31.2 Å². The fourth-order valence-corrected chi connectivity index (χ4v) is 5.29. The second-order valence-corrected chi connectivity index (χ2v) is 9.05. The first-order valence-electron chi connectivity index (χ1n) is 11.5. The maximum atomic E-state index is 14.0. The number of anilines is 1. The molecule has 1 fully saturated rings. The van der Waals surface area contributed by atoms with E-state index in [0.717, 1.165) is 40.4 Å². The molecule has 2 aromatic heterocycles. The van der Waals surface area contributed by atoms with Crippen molar-refractivity contribution in [2.45, 2.75) is 39.3 Å². The van der Waals surface area contributed by atoms with E-state index in [1.54, 1.807) is 12.1 Å². The number of aromatic nitrogens is 2. The number of hydrogen-bond donors (Lipinski definition) is 1. The Kier molecular flexibility index (Phi) is 5.92. The Bertz CT molecular complexity index is 1330. The molecule has 0 spiro atoms. The molecule has 0 unspecified atom stereocenters. The van der Waals surface area contributed by atoms with Gasteiger partial charge in [-0.25, -0.2) is 4.39 Å². The van der Waals surface area contributed by atoms with Gasteiger partial charge in [-0.05, 0) is 92.1 Å². The van der Waals surface area contributed by atoms with E-state index in [1.807, 2.05) is 30.5 Å². The standard InChI is InChI=1S/C28H27FN4S/c1-4-20-11-13-22(14-12-20)33-27(26(31-28(33)34)25-10-5-6-15-30-25)24-16-18(2)32(19(24)3)23-9-7-8-21(29)17-23/h5-17,26-27H,4H2,1-3H3,(H,31,34)/t26-,27-/m0/s1. The van der Waals surface area contributed by atoms with E-state index >= 15 is 0 Å². The minimum atomic E-state index is -0.251. The van der Waals surface area contributed by atoms with Crippen LogP contribution in [0.15, 0.2) is 79.0 Å². The summed E-state index contributed by atoms with van der Waals surface area (Å²) in [5.41, 5.74) is 7.27. The lowest BCUT2D eigenvalue weighted by atomic mass is 9.96. The van der Waals surface area contributed by atoms with Crippen molar-refractivity contribution < 1.29 is 4.39 Å². The summed E-state index contributed by atoms with van der Waals surface area (Å²) < 4.78 is 16.2. The number of halogens is 1. The summed E-state index contributed by atoms with van der Waals surface area (Å²) in [7, 11) is 0. The summed E-state index contributed by atoms with van der Waals surface area (Å²) in [6, 6.07) is 23.2. The molecule has 4 nitrogen and oxygen atoms in total. The molecule has 0 saturated carbocycles. The molecular weight excluding hydrogens is 443 g/mol. The number of thiocarbonyl (C=S) groups is 1. The largest absolute Gasteiger partial charge is 0.351 e. The van der Waals surface area contributed by atoms with Crippen molar-refractivity contribution in [2.75, 3.05) is 4.90 Å². The zero-order chi connectivity index (χ0) is 23.8. The van der Waals surface area contributed by atoms with Crippen molar-refractivity contribution in [3.8, 4) is 5.69 Å². The van der Waals surface area contributed by atoms with Gasteiger partial charge < -0.3 is 14.8 Å². The maximum Gasteiger partial charge on any atom is 0.174 e. The van der Waals surface area contributed by atoms with Crippen molar-refractivity contribution in [3.05, 3.63) is 113 Å². The van der Waals surface area contributed by atoms with Crippen LogP contribution in [-0.2, 0) is 6.42 Å². The molecule has 1 aliphatic heterocycles. The third kappa shape index (κ3) is 3.88. The van der Waals surface area contributed by atoms with E-state index in [0.29, 0.717) is 5.11 Å². The van der Waals surface area contributed by atoms with Crippen LogP contribution in [0.2, 0.25) is 0 Å². The summed E-state index contributed by atoms with van der Waals surface area (Å²) in [5.74, 6) is -0.251. The lowest BCUT2D eigenvalue weighted by Crippen LogP contribution is -2.29. The fraction of sp³-hybridized carbons (Fsp3) is 0.214. The van der Waals surface area contributed by atoms with Crippen molar-refractivity contribution in [2.24, 2.45) is 0 Å². The topological polar surface area (TPSA) is 33.1 Å². The van der Waals surface area contributed by atoms with Gasteiger partial charge in [0.25, 0.3) is 0 Å². The quantitative estimate of drug-likeness (QED) is 0.344. The number of pyridine rings is 1. The van der Waals surface area contributed by atoms with Gasteiger partial charge in [-0.2, -0.15) is 0 Å². The highest BCUT2D eigenvalue weighted by Gasteiger charge is 2.42. The van der Waals surface area contributed by atoms with E-state index in [4.69, 9.17) is 12.2 Å². The predicted molar refractivity (Wildman–Crippen MR) is 139 cm³/mol. The summed E-state index contributed by atoms with van der Waals surface area (Å²) in [6.45, 7) is 6.29. The Morgan fingerprint density at radius 2 is 1.76 bits per heavy atom. The first-order chi connectivity index (χ1) is 16.5. The van der Waals surface area contributed by atoms with Crippen molar-refractivity contribution in [3.63, 3.8) is 0 Å². The number of nitrogens with zero attached hydrogens (tertiary/aromatic N) is 3. The monoisotopic (exact) mass is 470 g/mol. The number of nitrogens with one attached hydrogen (secondary N) is 1. The number of rotatable bonds is 5. The van der Waals surface area contributed by atoms with E-state index in [1.165, 1.54) is 11.6 Å². The van der Waals surface area contributed by atoms with Gasteiger partial charge in [0, 0.05) is 29.0 Å². The summed E-state index contributed by atoms with van der Waals surface area (Å²) in [5, 5.41) is 4.19. The Labute approximate surface area is 205 Å². The average Bonchev–Trinajstić information content (AvgIpc) is 3.34. The van der Waals surface area contributed by atoms with E-state index < -0.39 is 0 Å². The molecule has 6 heteroatoms. The zero-order valence-electron chi connectivity index (χ0n) is 19.5. The molecule has 2 atom stereocenters. The fourth-order valence-electron chi connectivity index (χ4n) is 4.94. The summed E-state index contributed by atoms with van der Waals surface area (Å²) in [6.07, 6.45) is 2.80. The van der Waals surface area contributed by atoms with Crippen LogP contribution in [0.5, 0.6) is 0 Å². The maximum absolute atomic E-state index is 14.0. The van der Waals surface area contributed by atoms with E-state index in [9.17, 15) is 4.39 Å². The molecule has 0 bridgehead atoms. The molecule has 0 amide bonds. The minimum Gasteiger partial charge on any atom is -0.351 e. The van der Waals surface area contributed by atoms with Gasteiger partial charge in [0.15, 0.2) is 5.11 Å². The molecule has 2 aromatic carbocycles. The van der Waals surface area contributed by atoms with Crippen molar-refractivity contribution in [1.29, 1.82) is 0 Å². The first kappa shape index (κ1) is 22.3. The first-order valence-corrected chi connectivity index (χ1v) is 11.9. The average molecular weight is 471 g/mol. The molecule has 5 rings (SSSR count). The highest BCUT2D eigenvalue weighted by Crippen LogP contribution is 2.43. The summed E-state index contributed by atoms with van der Waals surface area (Å²) >= 11 is 5.86. The minimum absolute atomic E-state index is 0.108. The third-order valence-corrected chi connectivity index (χ3v) is 6.89. The summed E-state index contributed by atoms with van der Waals surface area (Å²) in [4.78, 5) is 6.84. The molecule has 172 valence electrons. The van der Waals surface area contributed by atoms with Crippen LogP contribution in [0.3, 0.4) is 0 Å². The second kappa shape index (κ2) is 9.03. The van der Waals surface area contributed by atoms with Crippen LogP contribution in [0.25, 0.3) is 5.69 Å². The van der Waals surface area contributed by atoms with Gasteiger partial charge in [-0.3, -0.25) is 4.98 Å². The molecule has 34 heavy (non-hydrogen) atoms. The van der Waals surface area contributed by atoms with Gasteiger partial charge >= 0.3 is 0 Å². The lowest BCUT2D eigenvalue weighted by Gasteiger charge is -2.28. The highest BCUT2D eigenvalue weighted by atomic mass is 32.1. The predicted octanol–water partition coefficient (Wildman–Crippen LogP) is 6.37. The SMILES string of the molecule is CCc1ccc(N2C(=S)N[C@@H](c3ccccn3)[C@@H]2c2cc(C)n(-c3cccc(F)c3)c2C)cc1. The molecule has 3 heterocycles. The van der Waals surface area contributed by atoms with Gasteiger partial charge in [0.2, 0.25) is 0 Å². The van der Waals surface area contributed by atoms with Crippen LogP contribution in [0, 0.1) is 19.7 Å².